The highest BCUT2D eigenvalue weighted by atomic mass is 19.4. The maximum atomic E-state index is 13.0. The van der Waals surface area contributed by atoms with Crippen LogP contribution in [0, 0.1) is 0 Å². The quantitative estimate of drug-likeness (QED) is 0.776. The number of amides is 2. The molecule has 1 N–H and O–H groups in total. The molecular formula is C21H20F3N3O3. The van der Waals surface area contributed by atoms with Crippen molar-refractivity contribution < 1.29 is 27.9 Å². The zero-order valence-corrected chi connectivity index (χ0v) is 16.0. The second-order valence-corrected chi connectivity index (χ2v) is 7.37. The van der Waals surface area contributed by atoms with Crippen molar-refractivity contribution in [3.05, 3.63) is 54.1 Å². The van der Waals surface area contributed by atoms with Gasteiger partial charge in [-0.1, -0.05) is 6.07 Å². The van der Waals surface area contributed by atoms with Gasteiger partial charge in [-0.05, 0) is 42.5 Å². The molecule has 2 aromatic carbocycles. The van der Waals surface area contributed by atoms with Crippen LogP contribution >= 0.6 is 0 Å². The lowest BCUT2D eigenvalue weighted by atomic mass is 10.1. The second kappa shape index (κ2) is 7.64. The van der Waals surface area contributed by atoms with Gasteiger partial charge in [0.05, 0.1) is 23.7 Å². The van der Waals surface area contributed by atoms with Gasteiger partial charge in [0.25, 0.3) is 5.91 Å². The number of nitrogens with zero attached hydrogens (tertiary/aromatic N) is 3. The number of hydrogen-bond acceptors (Lipinski definition) is 5. The second-order valence-electron chi connectivity index (χ2n) is 7.37. The van der Waals surface area contributed by atoms with Gasteiger partial charge in [0.1, 0.15) is 5.75 Å². The van der Waals surface area contributed by atoms with Crippen molar-refractivity contribution in [2.75, 3.05) is 36.0 Å². The van der Waals surface area contributed by atoms with Crippen LogP contribution in [0.2, 0.25) is 0 Å². The molecule has 6 nitrogen and oxygen atoms in total. The molecule has 30 heavy (non-hydrogen) atoms. The standard InChI is InChI=1S/C21H20F3N3O3/c22-21(23,24)14-2-1-3-16(12-14)25-8-10-26(11-9-25)18-13-19(29)27(20(18)30)15-4-6-17(28)7-5-15/h1-7,12,18,28H,8-11,13H2. The molecule has 2 amide bonds. The van der Waals surface area contributed by atoms with E-state index in [1.54, 1.807) is 6.07 Å². The number of hydrogen-bond donors (Lipinski definition) is 1. The van der Waals surface area contributed by atoms with E-state index in [1.165, 1.54) is 30.3 Å². The van der Waals surface area contributed by atoms with Gasteiger partial charge in [0, 0.05) is 31.9 Å². The highest BCUT2D eigenvalue weighted by Gasteiger charge is 2.43. The summed E-state index contributed by atoms with van der Waals surface area (Å²) in [5.74, 6) is -0.589. The van der Waals surface area contributed by atoms with E-state index in [0.29, 0.717) is 37.6 Å². The minimum atomic E-state index is -4.40. The van der Waals surface area contributed by atoms with Crippen molar-refractivity contribution in [1.29, 1.82) is 0 Å². The molecular weight excluding hydrogens is 399 g/mol. The minimum Gasteiger partial charge on any atom is -0.508 e. The number of anilines is 2. The van der Waals surface area contributed by atoms with E-state index in [1.807, 2.05) is 9.80 Å². The van der Waals surface area contributed by atoms with Crippen LogP contribution in [-0.4, -0.2) is 54.0 Å². The SMILES string of the molecule is O=C1CC(N2CCN(c3cccc(C(F)(F)F)c3)CC2)C(=O)N1c1ccc(O)cc1. The first kappa shape index (κ1) is 20.2. The van der Waals surface area contributed by atoms with Crippen molar-refractivity contribution in [1.82, 2.24) is 4.90 Å². The predicted molar refractivity (Wildman–Crippen MR) is 104 cm³/mol. The lowest BCUT2D eigenvalue weighted by Crippen LogP contribution is -2.52. The van der Waals surface area contributed by atoms with Crippen molar-refractivity contribution in [3.8, 4) is 5.75 Å². The van der Waals surface area contributed by atoms with Crippen LogP contribution in [0.3, 0.4) is 0 Å². The molecule has 2 fully saturated rings. The Morgan fingerprint density at radius 1 is 0.900 bits per heavy atom. The van der Waals surface area contributed by atoms with Crippen LogP contribution in [0.5, 0.6) is 5.75 Å². The number of benzene rings is 2. The Kier molecular flexibility index (Phi) is 5.15. The molecule has 2 saturated heterocycles. The number of phenols is 1. The highest BCUT2D eigenvalue weighted by Crippen LogP contribution is 2.32. The molecule has 0 aliphatic carbocycles. The lowest BCUT2D eigenvalue weighted by molar-refractivity contribution is -0.137. The highest BCUT2D eigenvalue weighted by molar-refractivity contribution is 6.22. The van der Waals surface area contributed by atoms with Crippen LogP contribution in [-0.2, 0) is 15.8 Å². The average molecular weight is 419 g/mol. The fourth-order valence-electron chi connectivity index (χ4n) is 3.94. The zero-order chi connectivity index (χ0) is 21.5. The van der Waals surface area contributed by atoms with Crippen molar-refractivity contribution >= 4 is 23.2 Å². The molecule has 2 aliphatic heterocycles. The Labute approximate surface area is 171 Å². The molecule has 0 radical (unpaired) electrons. The largest absolute Gasteiger partial charge is 0.508 e. The fraction of sp³-hybridized carbons (Fsp3) is 0.333. The summed E-state index contributed by atoms with van der Waals surface area (Å²) < 4.78 is 38.9. The molecule has 158 valence electrons. The first-order valence-electron chi connectivity index (χ1n) is 9.56. The van der Waals surface area contributed by atoms with Crippen molar-refractivity contribution in [2.24, 2.45) is 0 Å². The first-order chi connectivity index (χ1) is 14.2. The fourth-order valence-corrected chi connectivity index (χ4v) is 3.94. The predicted octanol–water partition coefficient (Wildman–Crippen LogP) is 2.87. The number of carbonyl (C=O) groups excluding carboxylic acids is 2. The van der Waals surface area contributed by atoms with E-state index < -0.39 is 17.8 Å². The molecule has 0 saturated carbocycles. The molecule has 0 aromatic heterocycles. The third-order valence-corrected chi connectivity index (χ3v) is 5.52. The van der Waals surface area contributed by atoms with Gasteiger partial charge in [-0.15, -0.1) is 0 Å². The Morgan fingerprint density at radius 2 is 1.57 bits per heavy atom. The topological polar surface area (TPSA) is 64.1 Å². The Morgan fingerprint density at radius 3 is 2.20 bits per heavy atom. The average Bonchev–Trinajstić information content (AvgIpc) is 3.02. The van der Waals surface area contributed by atoms with Crippen LogP contribution < -0.4 is 9.80 Å². The van der Waals surface area contributed by atoms with Crippen LogP contribution in [0.15, 0.2) is 48.5 Å². The van der Waals surface area contributed by atoms with E-state index in [9.17, 15) is 27.9 Å². The monoisotopic (exact) mass is 419 g/mol. The third-order valence-electron chi connectivity index (χ3n) is 5.52. The van der Waals surface area contributed by atoms with Gasteiger partial charge in [-0.3, -0.25) is 14.5 Å². The molecule has 0 spiro atoms. The maximum absolute atomic E-state index is 13.0. The Hall–Kier alpha value is -3.07. The summed E-state index contributed by atoms with van der Waals surface area (Å²) in [5.41, 5.74) is 0.209. The Balaban J connectivity index is 1.43. The molecule has 4 rings (SSSR count). The van der Waals surface area contributed by atoms with E-state index in [2.05, 4.69) is 0 Å². The first-order valence-corrected chi connectivity index (χ1v) is 9.56. The minimum absolute atomic E-state index is 0.0418. The van der Waals surface area contributed by atoms with Crippen molar-refractivity contribution in [2.45, 2.75) is 18.6 Å². The summed E-state index contributed by atoms with van der Waals surface area (Å²) >= 11 is 0. The lowest BCUT2D eigenvalue weighted by Gasteiger charge is -2.38. The third kappa shape index (κ3) is 3.85. The van der Waals surface area contributed by atoms with Crippen LogP contribution in [0.1, 0.15) is 12.0 Å². The summed E-state index contributed by atoms with van der Waals surface area (Å²) in [5, 5.41) is 9.40. The number of alkyl halides is 3. The van der Waals surface area contributed by atoms with E-state index in [4.69, 9.17) is 0 Å². The molecule has 9 heteroatoms. The molecule has 0 bridgehead atoms. The number of aromatic hydroxyl groups is 1. The maximum Gasteiger partial charge on any atom is 0.416 e. The molecule has 2 aliphatic rings. The van der Waals surface area contributed by atoms with E-state index in [0.717, 1.165) is 17.0 Å². The van der Waals surface area contributed by atoms with Gasteiger partial charge in [-0.2, -0.15) is 13.2 Å². The summed E-state index contributed by atoms with van der Waals surface area (Å²) in [6.07, 6.45) is -4.34. The van der Waals surface area contributed by atoms with E-state index in [-0.39, 0.29) is 24.0 Å². The van der Waals surface area contributed by atoms with Gasteiger partial charge < -0.3 is 10.0 Å². The number of piperazine rings is 1. The number of rotatable bonds is 3. The van der Waals surface area contributed by atoms with Gasteiger partial charge in [0.15, 0.2) is 0 Å². The van der Waals surface area contributed by atoms with Gasteiger partial charge >= 0.3 is 6.18 Å². The van der Waals surface area contributed by atoms with Crippen molar-refractivity contribution in [3.63, 3.8) is 0 Å². The molecule has 1 unspecified atom stereocenters. The molecule has 1 atom stereocenters. The van der Waals surface area contributed by atoms with Gasteiger partial charge in [-0.25, -0.2) is 4.90 Å². The molecule has 2 aromatic rings. The number of phenolic OH excluding ortho intramolecular Hbond substituents is 1. The van der Waals surface area contributed by atoms with E-state index >= 15 is 0 Å². The van der Waals surface area contributed by atoms with Gasteiger partial charge in [0.2, 0.25) is 5.91 Å². The van der Waals surface area contributed by atoms with Crippen LogP contribution in [0.4, 0.5) is 24.5 Å². The number of halogens is 3. The number of carbonyl (C=O) groups is 2. The summed E-state index contributed by atoms with van der Waals surface area (Å²) in [6, 6.07) is 10.5. The summed E-state index contributed by atoms with van der Waals surface area (Å²) in [4.78, 5) is 30.2. The normalized spacial score (nSPS) is 20.8. The summed E-state index contributed by atoms with van der Waals surface area (Å²) in [6.45, 7) is 1.84. The molecule has 2 heterocycles. The zero-order valence-electron chi connectivity index (χ0n) is 16.0. The number of imide groups is 1. The smallest absolute Gasteiger partial charge is 0.416 e. The van der Waals surface area contributed by atoms with Crippen LogP contribution in [0.25, 0.3) is 0 Å². The summed E-state index contributed by atoms with van der Waals surface area (Å²) in [7, 11) is 0. The Bertz CT molecular complexity index is 954.